The molecule has 1 atom stereocenters. The van der Waals surface area contributed by atoms with Crippen molar-refractivity contribution in [2.24, 2.45) is 0 Å². The molecule has 0 aliphatic rings. The van der Waals surface area contributed by atoms with Gasteiger partial charge in [0.25, 0.3) is 5.69 Å². The zero-order chi connectivity index (χ0) is 16.3. The summed E-state index contributed by atoms with van der Waals surface area (Å²) in [7, 11) is 1.77. The van der Waals surface area contributed by atoms with Crippen LogP contribution in [0, 0.1) is 10.1 Å². The maximum absolute atomic E-state index is 11.4. The van der Waals surface area contributed by atoms with Gasteiger partial charge in [0.2, 0.25) is 0 Å². The molecular formula is C16H17N3O3. The zero-order valence-corrected chi connectivity index (χ0v) is 12.7. The van der Waals surface area contributed by atoms with Crippen LogP contribution in [0.4, 0.5) is 11.4 Å². The number of ketones is 1. The van der Waals surface area contributed by atoms with Gasteiger partial charge in [0.15, 0.2) is 5.78 Å². The molecule has 0 radical (unpaired) electrons. The van der Waals surface area contributed by atoms with E-state index in [0.717, 1.165) is 5.69 Å². The number of nitro groups is 1. The standard InChI is InChI=1S/C16H17N3O3/c1-11(14-6-4-5-9-17-14)18(3)15-8-7-13(12(2)20)10-16(15)19(21)22/h4-11H,1-3H3. The summed E-state index contributed by atoms with van der Waals surface area (Å²) in [5.41, 5.74) is 1.51. The fourth-order valence-corrected chi connectivity index (χ4v) is 2.22. The molecule has 0 spiro atoms. The Bertz CT molecular complexity index is 701. The first-order valence-electron chi connectivity index (χ1n) is 6.85. The van der Waals surface area contributed by atoms with E-state index in [-0.39, 0.29) is 17.5 Å². The minimum Gasteiger partial charge on any atom is -0.361 e. The topological polar surface area (TPSA) is 76.3 Å². The summed E-state index contributed by atoms with van der Waals surface area (Å²) in [6.45, 7) is 3.31. The highest BCUT2D eigenvalue weighted by atomic mass is 16.6. The zero-order valence-electron chi connectivity index (χ0n) is 12.7. The second-order valence-electron chi connectivity index (χ2n) is 5.06. The Balaban J connectivity index is 2.43. The van der Waals surface area contributed by atoms with Crippen LogP contribution in [0.1, 0.15) is 35.9 Å². The fourth-order valence-electron chi connectivity index (χ4n) is 2.22. The summed E-state index contributed by atoms with van der Waals surface area (Å²) >= 11 is 0. The van der Waals surface area contributed by atoms with Gasteiger partial charge in [-0.25, -0.2) is 0 Å². The number of nitrogens with zero attached hydrogens (tertiary/aromatic N) is 3. The van der Waals surface area contributed by atoms with Crippen LogP contribution in [0.15, 0.2) is 42.6 Å². The molecule has 0 N–H and O–H groups in total. The summed E-state index contributed by atoms with van der Waals surface area (Å²) in [5, 5.41) is 11.3. The Labute approximate surface area is 128 Å². The van der Waals surface area contributed by atoms with Gasteiger partial charge in [0, 0.05) is 24.9 Å². The van der Waals surface area contributed by atoms with Crippen LogP contribution < -0.4 is 4.90 Å². The van der Waals surface area contributed by atoms with Crippen molar-refractivity contribution in [3.63, 3.8) is 0 Å². The second kappa shape index (κ2) is 6.34. The average molecular weight is 299 g/mol. The molecule has 0 saturated heterocycles. The molecule has 1 unspecified atom stereocenters. The first-order valence-corrected chi connectivity index (χ1v) is 6.85. The van der Waals surface area contributed by atoms with Crippen LogP contribution in [-0.4, -0.2) is 22.7 Å². The number of nitro benzene ring substituents is 1. The van der Waals surface area contributed by atoms with E-state index in [1.807, 2.05) is 25.1 Å². The van der Waals surface area contributed by atoms with Crippen LogP contribution in [0.25, 0.3) is 0 Å². The van der Waals surface area contributed by atoms with Crippen molar-refractivity contribution in [3.8, 4) is 0 Å². The van der Waals surface area contributed by atoms with Crippen molar-refractivity contribution in [1.29, 1.82) is 0 Å². The Hall–Kier alpha value is -2.76. The smallest absolute Gasteiger partial charge is 0.293 e. The van der Waals surface area contributed by atoms with Gasteiger partial charge in [-0.2, -0.15) is 0 Å². The highest BCUT2D eigenvalue weighted by Gasteiger charge is 2.23. The van der Waals surface area contributed by atoms with Gasteiger partial charge in [0.1, 0.15) is 5.69 Å². The van der Waals surface area contributed by atoms with Gasteiger partial charge in [-0.05, 0) is 38.1 Å². The average Bonchev–Trinajstić information content (AvgIpc) is 2.53. The quantitative estimate of drug-likeness (QED) is 0.480. The van der Waals surface area contributed by atoms with Crippen molar-refractivity contribution in [2.45, 2.75) is 19.9 Å². The summed E-state index contributed by atoms with van der Waals surface area (Å²) in [4.78, 5) is 28.3. The van der Waals surface area contributed by atoms with E-state index in [9.17, 15) is 14.9 Å². The first kappa shape index (κ1) is 15.6. The minimum atomic E-state index is -0.469. The Morgan fingerprint density at radius 1 is 1.32 bits per heavy atom. The van der Waals surface area contributed by atoms with Crippen LogP contribution >= 0.6 is 0 Å². The maximum Gasteiger partial charge on any atom is 0.293 e. The van der Waals surface area contributed by atoms with Crippen LogP contribution in [0.2, 0.25) is 0 Å². The number of carbonyl (C=O) groups excluding carboxylic acids is 1. The number of anilines is 1. The number of carbonyl (C=O) groups is 1. The van der Waals surface area contributed by atoms with Crippen LogP contribution in [0.5, 0.6) is 0 Å². The van der Waals surface area contributed by atoms with E-state index >= 15 is 0 Å². The second-order valence-corrected chi connectivity index (χ2v) is 5.06. The summed E-state index contributed by atoms with van der Waals surface area (Å²) in [6, 6.07) is 9.96. The van der Waals surface area contributed by atoms with E-state index in [1.165, 1.54) is 13.0 Å². The lowest BCUT2D eigenvalue weighted by atomic mass is 10.1. The monoisotopic (exact) mass is 299 g/mol. The third kappa shape index (κ3) is 3.11. The number of hydrogen-bond acceptors (Lipinski definition) is 5. The molecule has 2 rings (SSSR count). The van der Waals surface area contributed by atoms with Crippen molar-refractivity contribution in [2.75, 3.05) is 11.9 Å². The van der Waals surface area contributed by atoms with Gasteiger partial charge in [-0.1, -0.05) is 6.07 Å². The molecule has 114 valence electrons. The van der Waals surface area contributed by atoms with Crippen molar-refractivity contribution < 1.29 is 9.72 Å². The van der Waals surface area contributed by atoms with Crippen molar-refractivity contribution in [1.82, 2.24) is 4.98 Å². The highest BCUT2D eigenvalue weighted by molar-refractivity contribution is 5.95. The largest absolute Gasteiger partial charge is 0.361 e. The molecule has 2 aromatic rings. The molecule has 0 bridgehead atoms. The van der Waals surface area contributed by atoms with Gasteiger partial charge in [0.05, 0.1) is 16.7 Å². The lowest BCUT2D eigenvalue weighted by molar-refractivity contribution is -0.384. The molecule has 1 aromatic heterocycles. The maximum atomic E-state index is 11.4. The van der Waals surface area contributed by atoms with Gasteiger partial charge < -0.3 is 4.90 Å². The molecule has 22 heavy (non-hydrogen) atoms. The third-order valence-corrected chi connectivity index (χ3v) is 3.66. The normalized spacial score (nSPS) is 11.8. The number of hydrogen-bond donors (Lipinski definition) is 0. The van der Waals surface area contributed by atoms with E-state index in [4.69, 9.17) is 0 Å². The number of rotatable bonds is 5. The number of benzene rings is 1. The van der Waals surface area contributed by atoms with E-state index < -0.39 is 4.92 Å². The van der Waals surface area contributed by atoms with Crippen molar-refractivity contribution >= 4 is 17.2 Å². The summed E-state index contributed by atoms with van der Waals surface area (Å²) in [5.74, 6) is -0.199. The Morgan fingerprint density at radius 3 is 2.59 bits per heavy atom. The summed E-state index contributed by atoms with van der Waals surface area (Å²) in [6.07, 6.45) is 1.69. The molecule has 0 fully saturated rings. The Morgan fingerprint density at radius 2 is 2.05 bits per heavy atom. The predicted molar refractivity (Wildman–Crippen MR) is 84.2 cm³/mol. The molecule has 0 amide bonds. The van der Waals surface area contributed by atoms with Gasteiger partial charge in [-0.3, -0.25) is 19.9 Å². The first-order chi connectivity index (χ1) is 10.4. The van der Waals surface area contributed by atoms with Crippen LogP contribution in [-0.2, 0) is 0 Å². The lowest BCUT2D eigenvalue weighted by Crippen LogP contribution is -2.23. The number of Topliss-reactive ketones (excluding diaryl/α,β-unsaturated/α-hetero) is 1. The number of pyridine rings is 1. The predicted octanol–water partition coefficient (Wildman–Crippen LogP) is 3.39. The van der Waals surface area contributed by atoms with E-state index in [0.29, 0.717) is 11.3 Å². The molecular weight excluding hydrogens is 282 g/mol. The fraction of sp³-hybridized carbons (Fsp3) is 0.250. The highest BCUT2D eigenvalue weighted by Crippen LogP contribution is 2.33. The van der Waals surface area contributed by atoms with E-state index in [2.05, 4.69) is 4.98 Å². The third-order valence-electron chi connectivity index (χ3n) is 3.66. The van der Waals surface area contributed by atoms with Crippen molar-refractivity contribution in [3.05, 3.63) is 64.0 Å². The molecule has 1 heterocycles. The lowest BCUT2D eigenvalue weighted by Gasteiger charge is -2.26. The van der Waals surface area contributed by atoms with E-state index in [1.54, 1.807) is 30.3 Å². The molecule has 6 nitrogen and oxygen atoms in total. The Kier molecular flexibility index (Phi) is 4.50. The molecule has 0 saturated carbocycles. The van der Waals surface area contributed by atoms with Gasteiger partial charge in [-0.15, -0.1) is 0 Å². The molecule has 1 aromatic carbocycles. The van der Waals surface area contributed by atoms with Gasteiger partial charge >= 0.3 is 0 Å². The SMILES string of the molecule is CC(=O)c1ccc(N(C)C(C)c2ccccn2)c([N+](=O)[O-])c1. The summed E-state index contributed by atoms with van der Waals surface area (Å²) < 4.78 is 0. The molecule has 0 aliphatic carbocycles. The number of aromatic nitrogens is 1. The van der Waals surface area contributed by atoms with Crippen LogP contribution in [0.3, 0.4) is 0 Å². The minimum absolute atomic E-state index is 0.0852. The molecule has 0 aliphatic heterocycles. The molecule has 6 heteroatoms.